The summed E-state index contributed by atoms with van der Waals surface area (Å²) in [6.45, 7) is 4.33. The molecular weight excluding hydrogens is 484 g/mol. The molecular formula is C29H30N4O5. The van der Waals surface area contributed by atoms with Gasteiger partial charge in [-0.2, -0.15) is 0 Å². The lowest BCUT2D eigenvalue weighted by atomic mass is 9.89. The van der Waals surface area contributed by atoms with Crippen LogP contribution in [0.2, 0.25) is 0 Å². The molecule has 0 atom stereocenters. The highest BCUT2D eigenvalue weighted by molar-refractivity contribution is 5.96. The minimum absolute atomic E-state index is 0.00888. The number of H-pyrrole nitrogens is 1. The average molecular weight is 515 g/mol. The Kier molecular flexibility index (Phi) is 7.09. The zero-order chi connectivity index (χ0) is 26.8. The van der Waals surface area contributed by atoms with Gasteiger partial charge in [0.05, 0.1) is 11.5 Å². The summed E-state index contributed by atoms with van der Waals surface area (Å²) in [6.07, 6.45) is 4.72. The molecule has 0 amide bonds. The van der Waals surface area contributed by atoms with Crippen LogP contribution in [0, 0.1) is 5.92 Å². The van der Waals surface area contributed by atoms with Gasteiger partial charge in [0.25, 0.3) is 11.4 Å². The number of nitrogens with one attached hydrogen (secondary N) is 1. The van der Waals surface area contributed by atoms with E-state index in [4.69, 9.17) is 9.72 Å². The summed E-state index contributed by atoms with van der Waals surface area (Å²) in [7, 11) is 0. The van der Waals surface area contributed by atoms with Crippen molar-refractivity contribution in [2.45, 2.75) is 58.4 Å². The molecule has 2 aromatic carbocycles. The molecule has 196 valence electrons. The molecule has 38 heavy (non-hydrogen) atoms. The number of carboxylic acid groups (broad SMARTS) is 1. The van der Waals surface area contributed by atoms with E-state index in [2.05, 4.69) is 10.2 Å². The number of aromatic amines is 1. The Bertz CT molecular complexity index is 1550. The highest BCUT2D eigenvalue weighted by Gasteiger charge is 2.27. The number of carboxylic acids is 1. The van der Waals surface area contributed by atoms with Crippen molar-refractivity contribution in [1.29, 1.82) is 0 Å². The van der Waals surface area contributed by atoms with E-state index in [0.717, 1.165) is 43.2 Å². The molecule has 1 fully saturated rings. The molecule has 2 aromatic heterocycles. The first-order valence-corrected chi connectivity index (χ1v) is 13.0. The van der Waals surface area contributed by atoms with E-state index in [1.165, 1.54) is 0 Å². The summed E-state index contributed by atoms with van der Waals surface area (Å²) in [5.74, 6) is -0.785. The molecule has 0 unspecified atom stereocenters. The monoisotopic (exact) mass is 514 g/mol. The van der Waals surface area contributed by atoms with Gasteiger partial charge in [-0.1, -0.05) is 75.6 Å². The average Bonchev–Trinajstić information content (AvgIpc) is 3.31. The van der Waals surface area contributed by atoms with Crippen LogP contribution in [0.3, 0.4) is 0 Å². The second kappa shape index (κ2) is 10.6. The lowest BCUT2D eigenvalue weighted by molar-refractivity contribution is -0.140. The number of hydrogen-bond acceptors (Lipinski definition) is 6. The van der Waals surface area contributed by atoms with Gasteiger partial charge in [0, 0.05) is 12.5 Å². The third-order valence-corrected chi connectivity index (χ3v) is 7.09. The number of benzene rings is 2. The van der Waals surface area contributed by atoms with E-state index in [9.17, 15) is 19.5 Å². The Labute approximate surface area is 219 Å². The molecule has 0 spiro atoms. The van der Waals surface area contributed by atoms with Gasteiger partial charge >= 0.3 is 11.9 Å². The molecule has 4 aromatic rings. The Hall–Kier alpha value is -4.27. The predicted octanol–water partition coefficient (Wildman–Crippen LogP) is 5.14. The zero-order valence-corrected chi connectivity index (χ0v) is 21.4. The summed E-state index contributed by atoms with van der Waals surface area (Å²) in [4.78, 5) is 42.1. The number of nitrogens with zero attached hydrogens (tertiary/aromatic N) is 3. The van der Waals surface area contributed by atoms with Gasteiger partial charge < -0.3 is 14.4 Å². The van der Waals surface area contributed by atoms with Crippen LogP contribution in [0.15, 0.2) is 53.3 Å². The first-order valence-electron chi connectivity index (χ1n) is 13.0. The normalized spacial score (nSPS) is 14.2. The van der Waals surface area contributed by atoms with Gasteiger partial charge in [0.15, 0.2) is 5.52 Å². The second-order valence-corrected chi connectivity index (χ2v) is 10.1. The molecule has 1 saturated carbocycles. The van der Waals surface area contributed by atoms with E-state index >= 15 is 0 Å². The smallest absolute Gasteiger partial charge is 0.336 e. The minimum Gasteiger partial charge on any atom is -0.478 e. The van der Waals surface area contributed by atoms with E-state index in [0.29, 0.717) is 23.4 Å². The number of carbonyl (C=O) groups excluding carboxylic acids is 1. The summed E-state index contributed by atoms with van der Waals surface area (Å²) < 4.78 is 7.50. The first kappa shape index (κ1) is 25.4. The van der Waals surface area contributed by atoms with Crippen molar-refractivity contribution in [3.63, 3.8) is 0 Å². The summed E-state index contributed by atoms with van der Waals surface area (Å²) in [5.41, 5.74) is 2.71. The maximum Gasteiger partial charge on any atom is 0.336 e. The highest BCUT2D eigenvalue weighted by atomic mass is 16.5. The second-order valence-electron chi connectivity index (χ2n) is 10.1. The maximum absolute atomic E-state index is 12.9. The van der Waals surface area contributed by atoms with Crippen LogP contribution in [0.4, 0.5) is 0 Å². The van der Waals surface area contributed by atoms with Crippen molar-refractivity contribution in [1.82, 2.24) is 19.7 Å². The van der Waals surface area contributed by atoms with E-state index in [-0.39, 0.29) is 34.8 Å². The minimum atomic E-state index is -0.982. The van der Waals surface area contributed by atoms with E-state index in [1.807, 2.05) is 42.7 Å². The van der Waals surface area contributed by atoms with Crippen molar-refractivity contribution >= 4 is 23.0 Å². The van der Waals surface area contributed by atoms with Crippen LogP contribution < -0.4 is 10.3 Å². The van der Waals surface area contributed by atoms with E-state index in [1.54, 1.807) is 24.3 Å². The lowest BCUT2D eigenvalue weighted by Crippen LogP contribution is -2.24. The number of esters is 1. The summed E-state index contributed by atoms with van der Waals surface area (Å²) in [6, 6.07) is 14.4. The number of hydrogen-bond donors (Lipinski definition) is 2. The van der Waals surface area contributed by atoms with Gasteiger partial charge in [-0.3, -0.25) is 9.59 Å². The van der Waals surface area contributed by atoms with Crippen LogP contribution >= 0.6 is 0 Å². The summed E-state index contributed by atoms with van der Waals surface area (Å²) in [5, 5.41) is 16.0. The summed E-state index contributed by atoms with van der Waals surface area (Å²) >= 11 is 0. The van der Waals surface area contributed by atoms with Crippen LogP contribution in [0.25, 0.3) is 22.2 Å². The first-order chi connectivity index (χ1) is 18.3. The fraction of sp³-hybridized carbons (Fsp3) is 0.345. The topological polar surface area (TPSA) is 127 Å². The third-order valence-electron chi connectivity index (χ3n) is 7.09. The standard InChI is InChI=1S/C29H30N4O5/c1-17(2)25-30-23-24(26(34)31-32-27(23)38-29(37)20-8-4-3-5-9-20)33(25)16-18-12-14-19(15-13-18)21-10-6-7-11-22(21)28(35)36/h6-7,10-15,17,20H,3-5,8-9,16H2,1-2H3,(H,31,34)(H,35,36). The van der Waals surface area contributed by atoms with Gasteiger partial charge in [-0.25, -0.2) is 14.9 Å². The fourth-order valence-corrected chi connectivity index (χ4v) is 5.14. The van der Waals surface area contributed by atoms with Crippen molar-refractivity contribution in [3.05, 3.63) is 75.8 Å². The molecule has 2 N–H and O–H groups in total. The van der Waals surface area contributed by atoms with Gasteiger partial charge in [-0.15, -0.1) is 5.10 Å². The van der Waals surface area contributed by atoms with Crippen LogP contribution in [-0.4, -0.2) is 36.8 Å². The Morgan fingerprint density at radius 2 is 1.79 bits per heavy atom. The van der Waals surface area contributed by atoms with Gasteiger partial charge in [0.2, 0.25) is 0 Å². The Morgan fingerprint density at radius 3 is 2.47 bits per heavy atom. The maximum atomic E-state index is 12.9. The van der Waals surface area contributed by atoms with Crippen molar-refractivity contribution in [2.75, 3.05) is 0 Å². The quantitative estimate of drug-likeness (QED) is 0.327. The number of ether oxygens (including phenoxy) is 1. The van der Waals surface area contributed by atoms with Crippen molar-refractivity contribution < 1.29 is 19.4 Å². The largest absolute Gasteiger partial charge is 0.478 e. The lowest BCUT2D eigenvalue weighted by Gasteiger charge is -2.19. The molecule has 1 aliphatic rings. The molecule has 0 radical (unpaired) electrons. The van der Waals surface area contributed by atoms with Gasteiger partial charge in [-0.05, 0) is 35.6 Å². The Balaban J connectivity index is 1.49. The molecule has 5 rings (SSSR count). The predicted molar refractivity (Wildman–Crippen MR) is 142 cm³/mol. The number of carbonyl (C=O) groups is 2. The van der Waals surface area contributed by atoms with Crippen molar-refractivity contribution in [3.8, 4) is 17.0 Å². The molecule has 1 aliphatic carbocycles. The SMILES string of the molecule is CC(C)c1nc2c(OC(=O)C3CCCCC3)n[nH]c(=O)c2n1Cc1ccc(-c2ccccc2C(=O)O)cc1. The van der Waals surface area contributed by atoms with Gasteiger partial charge in [0.1, 0.15) is 11.3 Å². The zero-order valence-electron chi connectivity index (χ0n) is 21.4. The molecule has 0 bridgehead atoms. The van der Waals surface area contributed by atoms with Crippen LogP contribution in [0.1, 0.15) is 73.6 Å². The molecule has 0 aliphatic heterocycles. The number of aromatic carboxylic acids is 1. The van der Waals surface area contributed by atoms with Crippen molar-refractivity contribution in [2.24, 2.45) is 5.92 Å². The number of aromatic nitrogens is 4. The molecule has 0 saturated heterocycles. The van der Waals surface area contributed by atoms with Crippen LogP contribution in [-0.2, 0) is 11.3 Å². The van der Waals surface area contributed by atoms with Crippen LogP contribution in [0.5, 0.6) is 5.88 Å². The highest BCUT2D eigenvalue weighted by Crippen LogP contribution is 2.30. The molecule has 9 heteroatoms. The Morgan fingerprint density at radius 1 is 1.08 bits per heavy atom. The molecule has 2 heterocycles. The molecule has 9 nitrogen and oxygen atoms in total. The van der Waals surface area contributed by atoms with E-state index < -0.39 is 11.5 Å². The number of fused-ring (bicyclic) bond motifs is 1. The number of rotatable bonds is 7. The fourth-order valence-electron chi connectivity index (χ4n) is 5.14. The number of imidazole rings is 1. The third kappa shape index (κ3) is 4.96.